The number of rotatable bonds is 7. The molecule has 2 aromatic carbocycles. The lowest BCUT2D eigenvalue weighted by atomic mass is 9.96. The highest BCUT2D eigenvalue weighted by Gasteiger charge is 2.33. The third kappa shape index (κ3) is 5.16. The first-order valence-corrected chi connectivity index (χ1v) is 12.3. The maximum atomic E-state index is 13.6. The molecular formula is C27H26N2O6S. The molecule has 0 fully saturated rings. The highest BCUT2D eigenvalue weighted by atomic mass is 32.1. The minimum atomic E-state index is -0.742. The van der Waals surface area contributed by atoms with Gasteiger partial charge in [0.05, 0.1) is 35.1 Å². The molecule has 0 N–H and O–H groups in total. The van der Waals surface area contributed by atoms with Gasteiger partial charge in [-0.15, -0.1) is 0 Å². The van der Waals surface area contributed by atoms with E-state index in [-0.39, 0.29) is 17.7 Å². The molecule has 36 heavy (non-hydrogen) atoms. The second kappa shape index (κ2) is 10.7. The minimum Gasteiger partial charge on any atom is -0.494 e. The number of carbonyl (C=O) groups excluding carboxylic acids is 2. The molecule has 0 radical (unpaired) electrons. The van der Waals surface area contributed by atoms with Crippen LogP contribution in [0.1, 0.15) is 44.9 Å². The molecule has 0 saturated heterocycles. The number of allylic oxidation sites excluding steroid dienone is 1. The lowest BCUT2D eigenvalue weighted by Gasteiger charge is -2.24. The Bertz CT molecular complexity index is 1500. The average Bonchev–Trinajstić information content (AvgIpc) is 3.14. The molecule has 0 aliphatic carbocycles. The van der Waals surface area contributed by atoms with Crippen LogP contribution >= 0.6 is 11.3 Å². The van der Waals surface area contributed by atoms with Gasteiger partial charge in [-0.05, 0) is 62.2 Å². The summed E-state index contributed by atoms with van der Waals surface area (Å²) in [5, 5.41) is 0. The van der Waals surface area contributed by atoms with Gasteiger partial charge in [-0.25, -0.2) is 9.79 Å². The van der Waals surface area contributed by atoms with E-state index in [1.54, 1.807) is 44.2 Å². The van der Waals surface area contributed by atoms with Crippen molar-refractivity contribution in [3.8, 4) is 11.5 Å². The Morgan fingerprint density at radius 2 is 1.69 bits per heavy atom. The SMILES string of the molecule is CCOC(=O)C1=C(C)N=c2sc(=Cc3ccc(OCC)cc3)c(=O)n2C1c1ccc(OC(C)=O)cc1. The number of hydrogen-bond acceptors (Lipinski definition) is 8. The summed E-state index contributed by atoms with van der Waals surface area (Å²) in [4.78, 5) is 43.0. The van der Waals surface area contributed by atoms with Crippen LogP contribution in [0, 0.1) is 0 Å². The quantitative estimate of drug-likeness (QED) is 0.361. The minimum absolute atomic E-state index is 0.190. The van der Waals surface area contributed by atoms with Gasteiger partial charge in [-0.2, -0.15) is 0 Å². The first kappa shape index (κ1) is 25.1. The molecule has 1 aromatic heterocycles. The highest BCUT2D eigenvalue weighted by Crippen LogP contribution is 2.31. The van der Waals surface area contributed by atoms with Gasteiger partial charge in [0, 0.05) is 6.92 Å². The van der Waals surface area contributed by atoms with Crippen LogP contribution in [0.4, 0.5) is 0 Å². The number of ether oxygens (including phenoxy) is 3. The standard InChI is InChI=1S/C27H26N2O6S/c1-5-33-20-11-7-18(8-12-20)15-22-25(31)29-24(19-9-13-21(14-10-19)35-17(4)30)23(26(32)34-6-2)16(3)28-27(29)36-22/h7-15,24H,5-6H2,1-4H3. The molecule has 1 aliphatic heterocycles. The van der Waals surface area contributed by atoms with E-state index in [2.05, 4.69) is 4.99 Å². The Labute approximate surface area is 211 Å². The Morgan fingerprint density at radius 1 is 1.03 bits per heavy atom. The zero-order chi connectivity index (χ0) is 25.8. The van der Waals surface area contributed by atoms with Crippen LogP contribution in [-0.2, 0) is 14.3 Å². The molecule has 0 bridgehead atoms. The summed E-state index contributed by atoms with van der Waals surface area (Å²) in [6, 6.07) is 13.4. The zero-order valence-electron chi connectivity index (χ0n) is 20.4. The molecule has 2 heterocycles. The maximum Gasteiger partial charge on any atom is 0.338 e. The Morgan fingerprint density at radius 3 is 2.31 bits per heavy atom. The molecule has 0 amide bonds. The van der Waals surface area contributed by atoms with Gasteiger partial charge in [0.1, 0.15) is 11.5 Å². The number of carbonyl (C=O) groups is 2. The number of aromatic nitrogens is 1. The van der Waals surface area contributed by atoms with E-state index in [9.17, 15) is 14.4 Å². The van der Waals surface area contributed by atoms with Crippen LogP contribution in [-0.4, -0.2) is 29.7 Å². The van der Waals surface area contributed by atoms with Gasteiger partial charge >= 0.3 is 11.9 Å². The molecule has 0 saturated carbocycles. The van der Waals surface area contributed by atoms with Crippen LogP contribution in [0.25, 0.3) is 6.08 Å². The number of thiazole rings is 1. The van der Waals surface area contributed by atoms with Gasteiger partial charge in [-0.1, -0.05) is 35.6 Å². The summed E-state index contributed by atoms with van der Waals surface area (Å²) < 4.78 is 17.9. The number of hydrogen-bond donors (Lipinski definition) is 0. The van der Waals surface area contributed by atoms with E-state index >= 15 is 0 Å². The summed E-state index contributed by atoms with van der Waals surface area (Å²) >= 11 is 1.25. The molecule has 1 aliphatic rings. The van der Waals surface area contributed by atoms with Crippen molar-refractivity contribution in [2.45, 2.75) is 33.7 Å². The zero-order valence-corrected chi connectivity index (χ0v) is 21.3. The van der Waals surface area contributed by atoms with Crippen LogP contribution in [0.5, 0.6) is 11.5 Å². The van der Waals surface area contributed by atoms with E-state index < -0.39 is 18.0 Å². The van der Waals surface area contributed by atoms with Gasteiger partial charge in [0.2, 0.25) is 0 Å². The molecule has 8 nitrogen and oxygen atoms in total. The topological polar surface area (TPSA) is 96.2 Å². The van der Waals surface area contributed by atoms with Crippen LogP contribution in [0.2, 0.25) is 0 Å². The number of esters is 2. The monoisotopic (exact) mass is 506 g/mol. The Hall–Kier alpha value is -3.98. The lowest BCUT2D eigenvalue weighted by molar-refractivity contribution is -0.139. The number of benzene rings is 2. The Kier molecular flexibility index (Phi) is 7.49. The van der Waals surface area contributed by atoms with E-state index in [0.717, 1.165) is 11.3 Å². The van der Waals surface area contributed by atoms with E-state index in [1.807, 2.05) is 31.2 Å². The summed E-state index contributed by atoms with van der Waals surface area (Å²) in [6.07, 6.45) is 1.80. The fourth-order valence-corrected chi connectivity index (χ4v) is 5.02. The van der Waals surface area contributed by atoms with Crippen molar-refractivity contribution in [2.75, 3.05) is 13.2 Å². The fraction of sp³-hybridized carbons (Fsp3) is 0.259. The van der Waals surface area contributed by atoms with Gasteiger partial charge in [0.15, 0.2) is 4.80 Å². The first-order valence-electron chi connectivity index (χ1n) is 11.5. The van der Waals surface area contributed by atoms with Gasteiger partial charge in [-0.3, -0.25) is 14.2 Å². The lowest BCUT2D eigenvalue weighted by Crippen LogP contribution is -2.39. The second-order valence-corrected chi connectivity index (χ2v) is 8.98. The smallest absolute Gasteiger partial charge is 0.338 e. The van der Waals surface area contributed by atoms with Crippen LogP contribution in [0.3, 0.4) is 0 Å². The third-order valence-electron chi connectivity index (χ3n) is 5.46. The molecule has 1 atom stereocenters. The van der Waals surface area contributed by atoms with E-state index in [0.29, 0.717) is 33.0 Å². The van der Waals surface area contributed by atoms with Crippen molar-refractivity contribution < 1.29 is 23.8 Å². The molecule has 186 valence electrons. The van der Waals surface area contributed by atoms with E-state index in [4.69, 9.17) is 14.2 Å². The first-order chi connectivity index (χ1) is 17.3. The Balaban J connectivity index is 1.85. The summed E-state index contributed by atoms with van der Waals surface area (Å²) in [6.45, 7) is 7.46. The average molecular weight is 507 g/mol. The predicted molar refractivity (Wildman–Crippen MR) is 136 cm³/mol. The normalized spacial score (nSPS) is 15.2. The molecule has 4 rings (SSSR count). The van der Waals surface area contributed by atoms with Crippen molar-refractivity contribution in [3.63, 3.8) is 0 Å². The third-order valence-corrected chi connectivity index (χ3v) is 6.45. The summed E-state index contributed by atoms with van der Waals surface area (Å²) in [7, 11) is 0. The van der Waals surface area contributed by atoms with Crippen molar-refractivity contribution in [1.29, 1.82) is 0 Å². The molecule has 9 heteroatoms. The summed E-state index contributed by atoms with van der Waals surface area (Å²) in [5.41, 5.74) is 2.01. The maximum absolute atomic E-state index is 13.6. The molecular weight excluding hydrogens is 480 g/mol. The van der Waals surface area contributed by atoms with Gasteiger partial charge in [0.25, 0.3) is 5.56 Å². The molecule has 0 spiro atoms. The summed E-state index contributed by atoms with van der Waals surface area (Å²) in [5.74, 6) is 0.150. The van der Waals surface area contributed by atoms with Crippen LogP contribution < -0.4 is 24.4 Å². The largest absolute Gasteiger partial charge is 0.494 e. The van der Waals surface area contributed by atoms with Crippen molar-refractivity contribution >= 4 is 29.4 Å². The fourth-order valence-electron chi connectivity index (χ4n) is 3.97. The molecule has 3 aromatic rings. The second-order valence-electron chi connectivity index (χ2n) is 7.97. The van der Waals surface area contributed by atoms with Crippen molar-refractivity contribution in [1.82, 2.24) is 4.57 Å². The van der Waals surface area contributed by atoms with E-state index in [1.165, 1.54) is 22.8 Å². The predicted octanol–water partition coefficient (Wildman–Crippen LogP) is 3.12. The van der Waals surface area contributed by atoms with Crippen LogP contribution in [0.15, 0.2) is 69.6 Å². The number of fused-ring (bicyclic) bond motifs is 1. The van der Waals surface area contributed by atoms with Crippen molar-refractivity contribution in [3.05, 3.63) is 90.6 Å². The molecule has 1 unspecified atom stereocenters. The highest BCUT2D eigenvalue weighted by molar-refractivity contribution is 7.07. The van der Waals surface area contributed by atoms with Gasteiger partial charge < -0.3 is 14.2 Å². The number of nitrogens with zero attached hydrogens (tertiary/aromatic N) is 2. The van der Waals surface area contributed by atoms with Crippen molar-refractivity contribution in [2.24, 2.45) is 4.99 Å².